The second kappa shape index (κ2) is 9.18. The first-order valence-electron chi connectivity index (χ1n) is 9.70. The van der Waals surface area contributed by atoms with Crippen molar-refractivity contribution in [2.45, 2.75) is 45.3 Å². The minimum atomic E-state index is -0.623. The van der Waals surface area contributed by atoms with E-state index >= 15 is 0 Å². The molecule has 0 spiro atoms. The van der Waals surface area contributed by atoms with E-state index in [4.69, 9.17) is 32.1 Å². The van der Waals surface area contributed by atoms with Gasteiger partial charge in [-0.15, -0.1) is 0 Å². The highest BCUT2D eigenvalue weighted by Crippen LogP contribution is 2.36. The van der Waals surface area contributed by atoms with E-state index in [9.17, 15) is 9.59 Å². The van der Waals surface area contributed by atoms with Gasteiger partial charge in [0.15, 0.2) is 0 Å². The molecule has 158 valence electrons. The third-order valence-electron chi connectivity index (χ3n) is 4.77. The van der Waals surface area contributed by atoms with Crippen LogP contribution >= 0.6 is 11.6 Å². The molecule has 2 N–H and O–H groups in total. The number of ether oxygens (including phenoxy) is 2. The van der Waals surface area contributed by atoms with Gasteiger partial charge in [0.05, 0.1) is 35.5 Å². The monoisotopic (exact) mass is 430 g/mol. The molecule has 2 heterocycles. The Labute approximate surface area is 179 Å². The van der Waals surface area contributed by atoms with Crippen LogP contribution in [0.15, 0.2) is 18.3 Å². The third kappa shape index (κ3) is 4.74. The number of primary amides is 1. The molecule has 0 radical (unpaired) electrons. The largest absolute Gasteiger partial charge is 0.490 e. The first-order chi connectivity index (χ1) is 14.3. The summed E-state index contributed by atoms with van der Waals surface area (Å²) in [5.41, 5.74) is 5.74. The van der Waals surface area contributed by atoms with Gasteiger partial charge in [0.25, 0.3) is 5.91 Å². The first kappa shape index (κ1) is 21.7. The molecule has 0 aliphatic carbocycles. The maximum atomic E-state index is 12.1. The molecular weight excluding hydrogens is 408 g/mol. The Balaban J connectivity index is 1.96. The second-order valence-electron chi connectivity index (χ2n) is 7.39. The zero-order valence-corrected chi connectivity index (χ0v) is 17.6. The van der Waals surface area contributed by atoms with E-state index in [-0.39, 0.29) is 30.1 Å². The quantitative estimate of drug-likeness (QED) is 0.752. The standard InChI is InChI=1S/C21H23ClN4O4/c1-12(2)29-18-9-15-14(8-16(18)20(24)28)17(22)10-25-21(15)30-13-4-3-7-26(11-13)19(27)5-6-23/h8-10,12-13H,3-5,7,11H2,1-2H3,(H2,24,28)/t13-/m1/s1. The van der Waals surface area contributed by atoms with Gasteiger partial charge < -0.3 is 20.1 Å². The number of likely N-dealkylation sites (tertiary alicyclic amines) is 1. The number of rotatable bonds is 6. The highest BCUT2D eigenvalue weighted by Gasteiger charge is 2.26. The topological polar surface area (TPSA) is 119 Å². The zero-order chi connectivity index (χ0) is 21.8. The van der Waals surface area contributed by atoms with Gasteiger partial charge in [0.1, 0.15) is 18.3 Å². The number of nitrogens with zero attached hydrogens (tertiary/aromatic N) is 3. The molecule has 1 aromatic heterocycles. The van der Waals surface area contributed by atoms with Gasteiger partial charge in [-0.2, -0.15) is 5.26 Å². The smallest absolute Gasteiger partial charge is 0.252 e. The van der Waals surface area contributed by atoms with Gasteiger partial charge >= 0.3 is 0 Å². The fourth-order valence-electron chi connectivity index (χ4n) is 3.44. The predicted molar refractivity (Wildman–Crippen MR) is 111 cm³/mol. The van der Waals surface area contributed by atoms with Crippen molar-refractivity contribution in [1.82, 2.24) is 9.88 Å². The van der Waals surface area contributed by atoms with E-state index in [1.165, 1.54) is 6.20 Å². The van der Waals surface area contributed by atoms with Gasteiger partial charge in [-0.1, -0.05) is 11.6 Å². The number of nitriles is 1. The molecule has 2 amide bonds. The minimum Gasteiger partial charge on any atom is -0.490 e. The van der Waals surface area contributed by atoms with Gasteiger partial charge in [0, 0.05) is 17.3 Å². The average molecular weight is 431 g/mol. The van der Waals surface area contributed by atoms with Crippen molar-refractivity contribution < 1.29 is 19.1 Å². The van der Waals surface area contributed by atoms with Crippen LogP contribution in [0.5, 0.6) is 11.6 Å². The molecule has 3 rings (SSSR count). The number of pyridine rings is 1. The van der Waals surface area contributed by atoms with E-state index < -0.39 is 5.91 Å². The van der Waals surface area contributed by atoms with Crippen LogP contribution in [-0.4, -0.2) is 47.0 Å². The lowest BCUT2D eigenvalue weighted by molar-refractivity contribution is -0.132. The van der Waals surface area contributed by atoms with E-state index in [1.807, 2.05) is 19.9 Å². The van der Waals surface area contributed by atoms with Crippen LogP contribution in [0.2, 0.25) is 5.02 Å². The molecule has 8 nitrogen and oxygen atoms in total. The number of carbonyl (C=O) groups excluding carboxylic acids is 2. The van der Waals surface area contributed by atoms with Crippen LogP contribution in [0, 0.1) is 11.3 Å². The number of hydrogen-bond donors (Lipinski definition) is 1. The van der Waals surface area contributed by atoms with Crippen LogP contribution in [0.3, 0.4) is 0 Å². The number of amides is 2. The summed E-state index contributed by atoms with van der Waals surface area (Å²) < 4.78 is 11.9. The number of carbonyl (C=O) groups is 2. The SMILES string of the molecule is CC(C)Oc1cc2c(O[C@@H]3CCCN(C(=O)CC#N)C3)ncc(Cl)c2cc1C(N)=O. The molecular formula is C21H23ClN4O4. The summed E-state index contributed by atoms with van der Waals surface area (Å²) in [6.07, 6.45) is 2.37. The highest BCUT2D eigenvalue weighted by molar-refractivity contribution is 6.35. The molecule has 1 aromatic carbocycles. The molecule has 1 atom stereocenters. The fourth-order valence-corrected chi connectivity index (χ4v) is 3.65. The summed E-state index contributed by atoms with van der Waals surface area (Å²) >= 11 is 6.31. The molecule has 0 unspecified atom stereocenters. The van der Waals surface area contributed by atoms with Crippen molar-refractivity contribution in [3.63, 3.8) is 0 Å². The van der Waals surface area contributed by atoms with Crippen LogP contribution in [-0.2, 0) is 4.79 Å². The molecule has 1 aliphatic rings. The Bertz CT molecular complexity index is 1020. The summed E-state index contributed by atoms with van der Waals surface area (Å²) in [5.74, 6) is -0.174. The van der Waals surface area contributed by atoms with Gasteiger partial charge in [0.2, 0.25) is 11.8 Å². The molecule has 2 aromatic rings. The number of fused-ring (bicyclic) bond motifs is 1. The van der Waals surface area contributed by atoms with Crippen molar-refractivity contribution in [3.8, 4) is 17.7 Å². The number of piperidine rings is 1. The lowest BCUT2D eigenvalue weighted by Crippen LogP contribution is -2.44. The molecule has 9 heteroatoms. The van der Waals surface area contributed by atoms with Crippen molar-refractivity contribution in [2.75, 3.05) is 13.1 Å². The molecule has 30 heavy (non-hydrogen) atoms. The number of benzene rings is 1. The van der Waals surface area contributed by atoms with Crippen LogP contribution < -0.4 is 15.2 Å². The number of nitrogens with two attached hydrogens (primary N) is 1. The van der Waals surface area contributed by atoms with E-state index in [0.717, 1.165) is 12.8 Å². The minimum absolute atomic E-state index is 0.152. The number of halogens is 1. The summed E-state index contributed by atoms with van der Waals surface area (Å²) in [7, 11) is 0. The summed E-state index contributed by atoms with van der Waals surface area (Å²) in [4.78, 5) is 29.9. The lowest BCUT2D eigenvalue weighted by atomic mass is 10.1. The highest BCUT2D eigenvalue weighted by atomic mass is 35.5. The van der Waals surface area contributed by atoms with Crippen molar-refractivity contribution in [3.05, 3.63) is 28.9 Å². The number of aromatic nitrogens is 1. The summed E-state index contributed by atoms with van der Waals surface area (Å²) in [5, 5.41) is 10.3. The molecule has 1 saturated heterocycles. The molecule has 0 bridgehead atoms. The fraction of sp³-hybridized carbons (Fsp3) is 0.429. The summed E-state index contributed by atoms with van der Waals surface area (Å²) in [6, 6.07) is 5.12. The average Bonchev–Trinajstić information content (AvgIpc) is 2.69. The van der Waals surface area contributed by atoms with Crippen molar-refractivity contribution in [2.24, 2.45) is 5.73 Å². The third-order valence-corrected chi connectivity index (χ3v) is 5.07. The van der Waals surface area contributed by atoms with Crippen LogP contribution in [0.25, 0.3) is 10.8 Å². The second-order valence-corrected chi connectivity index (χ2v) is 7.80. The molecule has 0 saturated carbocycles. The maximum Gasteiger partial charge on any atom is 0.252 e. The lowest BCUT2D eigenvalue weighted by Gasteiger charge is -2.32. The predicted octanol–water partition coefficient (Wildman–Crippen LogP) is 3.06. The van der Waals surface area contributed by atoms with Gasteiger partial charge in [-0.25, -0.2) is 4.98 Å². The van der Waals surface area contributed by atoms with E-state index in [2.05, 4.69) is 4.98 Å². The number of hydrogen-bond acceptors (Lipinski definition) is 6. The Morgan fingerprint density at radius 1 is 1.40 bits per heavy atom. The van der Waals surface area contributed by atoms with Crippen molar-refractivity contribution >= 4 is 34.2 Å². The Morgan fingerprint density at radius 2 is 2.17 bits per heavy atom. The zero-order valence-electron chi connectivity index (χ0n) is 16.9. The Hall–Kier alpha value is -3.05. The van der Waals surface area contributed by atoms with E-state index in [1.54, 1.807) is 17.0 Å². The van der Waals surface area contributed by atoms with Gasteiger partial charge in [-0.05, 0) is 38.8 Å². The Morgan fingerprint density at radius 3 is 2.83 bits per heavy atom. The molecule has 1 aliphatic heterocycles. The first-order valence-corrected chi connectivity index (χ1v) is 10.1. The van der Waals surface area contributed by atoms with Crippen molar-refractivity contribution in [1.29, 1.82) is 5.26 Å². The van der Waals surface area contributed by atoms with Crippen LogP contribution in [0.1, 0.15) is 43.5 Å². The van der Waals surface area contributed by atoms with Crippen LogP contribution in [0.4, 0.5) is 0 Å². The summed E-state index contributed by atoms with van der Waals surface area (Å²) in [6.45, 7) is 4.67. The maximum absolute atomic E-state index is 12.1. The van der Waals surface area contributed by atoms with E-state index in [0.29, 0.717) is 40.5 Å². The van der Waals surface area contributed by atoms with Gasteiger partial charge in [-0.3, -0.25) is 9.59 Å². The normalized spacial score (nSPS) is 16.4. The Kier molecular flexibility index (Phi) is 6.63. The molecule has 1 fully saturated rings.